The van der Waals surface area contributed by atoms with Gasteiger partial charge in [0.2, 0.25) is 0 Å². The third-order valence-electron chi connectivity index (χ3n) is 2.32. The van der Waals surface area contributed by atoms with Gasteiger partial charge in [0.1, 0.15) is 0 Å². The molecule has 0 saturated heterocycles. The molecule has 0 aliphatic heterocycles. The zero-order valence-electron chi connectivity index (χ0n) is 9.08. The van der Waals surface area contributed by atoms with Gasteiger partial charge in [0.15, 0.2) is 4.73 Å². The van der Waals surface area contributed by atoms with Crippen LogP contribution in [0, 0.1) is 0 Å². The van der Waals surface area contributed by atoms with Crippen molar-refractivity contribution >= 4 is 15.9 Å². The minimum atomic E-state index is -4.32. The van der Waals surface area contributed by atoms with E-state index in [1.165, 1.54) is 6.07 Å². The van der Waals surface area contributed by atoms with Gasteiger partial charge in [0.25, 0.3) is 0 Å². The van der Waals surface area contributed by atoms with E-state index in [0.717, 1.165) is 12.1 Å². The maximum absolute atomic E-state index is 12.5. The van der Waals surface area contributed by atoms with Crippen molar-refractivity contribution in [2.75, 3.05) is 0 Å². The van der Waals surface area contributed by atoms with E-state index < -0.39 is 11.7 Å². The van der Waals surface area contributed by atoms with Crippen LogP contribution in [0.5, 0.6) is 0 Å². The Kier molecular flexibility index (Phi) is 3.65. The summed E-state index contributed by atoms with van der Waals surface area (Å²) in [6, 6.07) is 6.90. The molecule has 0 unspecified atom stereocenters. The van der Waals surface area contributed by atoms with E-state index in [-0.39, 0.29) is 0 Å². The molecule has 1 aromatic carbocycles. The molecule has 6 heteroatoms. The molecule has 0 N–H and O–H groups in total. The summed E-state index contributed by atoms with van der Waals surface area (Å²) in [4.78, 5) is 7.95. The van der Waals surface area contributed by atoms with Gasteiger partial charge < -0.3 is 0 Å². The summed E-state index contributed by atoms with van der Waals surface area (Å²) in [6.07, 6.45) is -2.42. The Morgan fingerprint density at radius 3 is 2.61 bits per heavy atom. The molecule has 0 radical (unpaired) electrons. The fourth-order valence-corrected chi connectivity index (χ4v) is 1.88. The number of rotatable bonds is 2. The second-order valence-corrected chi connectivity index (χ2v) is 4.40. The fraction of sp³-hybridized carbons (Fsp3) is 0.167. The Labute approximate surface area is 110 Å². The number of nitrogens with zero attached hydrogens (tertiary/aromatic N) is 2. The van der Waals surface area contributed by atoms with Crippen LogP contribution in [0.25, 0.3) is 0 Å². The van der Waals surface area contributed by atoms with E-state index >= 15 is 0 Å². The molecule has 1 heterocycles. The summed E-state index contributed by atoms with van der Waals surface area (Å²) >= 11 is 3.12. The quantitative estimate of drug-likeness (QED) is 0.786. The first-order valence-corrected chi connectivity index (χ1v) is 5.88. The molecular formula is C12H8BrF3N2. The van der Waals surface area contributed by atoms with E-state index in [1.807, 2.05) is 0 Å². The van der Waals surface area contributed by atoms with Crippen LogP contribution in [0.2, 0.25) is 0 Å². The maximum Gasteiger partial charge on any atom is 0.416 e. The van der Waals surface area contributed by atoms with Gasteiger partial charge in [0.05, 0.1) is 5.56 Å². The van der Waals surface area contributed by atoms with Gasteiger partial charge >= 0.3 is 6.18 Å². The first-order chi connectivity index (χ1) is 8.45. The van der Waals surface area contributed by atoms with Crippen LogP contribution < -0.4 is 0 Å². The van der Waals surface area contributed by atoms with Crippen LogP contribution >= 0.6 is 15.9 Å². The number of hydrogen-bond donors (Lipinski definition) is 0. The second kappa shape index (κ2) is 5.06. The normalized spacial score (nSPS) is 11.6. The molecule has 18 heavy (non-hydrogen) atoms. The SMILES string of the molecule is FC(F)(F)c1cccc(Cc2ccnc(Br)n2)c1. The Morgan fingerprint density at radius 1 is 1.17 bits per heavy atom. The highest BCUT2D eigenvalue weighted by Crippen LogP contribution is 2.29. The summed E-state index contributed by atoms with van der Waals surface area (Å²) in [6.45, 7) is 0. The van der Waals surface area contributed by atoms with E-state index in [1.54, 1.807) is 18.3 Å². The Balaban J connectivity index is 2.25. The zero-order valence-corrected chi connectivity index (χ0v) is 10.7. The van der Waals surface area contributed by atoms with Crippen LogP contribution in [0.15, 0.2) is 41.3 Å². The molecule has 0 bridgehead atoms. The topological polar surface area (TPSA) is 25.8 Å². The Hall–Kier alpha value is -1.43. The van der Waals surface area contributed by atoms with E-state index in [2.05, 4.69) is 25.9 Å². The highest BCUT2D eigenvalue weighted by atomic mass is 79.9. The van der Waals surface area contributed by atoms with E-state index in [4.69, 9.17) is 0 Å². The summed E-state index contributed by atoms with van der Waals surface area (Å²) in [5.74, 6) is 0. The minimum absolute atomic E-state index is 0.338. The molecule has 94 valence electrons. The fourth-order valence-electron chi connectivity index (χ4n) is 1.53. The van der Waals surface area contributed by atoms with Gasteiger partial charge in [-0.05, 0) is 33.6 Å². The van der Waals surface area contributed by atoms with Crippen LogP contribution in [-0.2, 0) is 12.6 Å². The van der Waals surface area contributed by atoms with Crippen molar-refractivity contribution in [1.82, 2.24) is 9.97 Å². The van der Waals surface area contributed by atoms with Crippen molar-refractivity contribution in [3.63, 3.8) is 0 Å². The molecule has 0 atom stereocenters. The van der Waals surface area contributed by atoms with Gasteiger partial charge in [-0.2, -0.15) is 13.2 Å². The summed E-state index contributed by atoms with van der Waals surface area (Å²) in [5, 5.41) is 0. The van der Waals surface area contributed by atoms with Crippen LogP contribution in [0.1, 0.15) is 16.8 Å². The Morgan fingerprint density at radius 2 is 1.94 bits per heavy atom. The van der Waals surface area contributed by atoms with Gasteiger partial charge in [-0.1, -0.05) is 18.2 Å². The van der Waals surface area contributed by atoms with Crippen molar-refractivity contribution < 1.29 is 13.2 Å². The van der Waals surface area contributed by atoms with Crippen LogP contribution in [-0.4, -0.2) is 9.97 Å². The molecule has 2 aromatic rings. The number of aromatic nitrogens is 2. The lowest BCUT2D eigenvalue weighted by Crippen LogP contribution is -2.05. The third-order valence-corrected chi connectivity index (χ3v) is 2.71. The first-order valence-electron chi connectivity index (χ1n) is 5.09. The highest BCUT2D eigenvalue weighted by Gasteiger charge is 2.30. The van der Waals surface area contributed by atoms with Gasteiger partial charge in [-0.25, -0.2) is 9.97 Å². The second-order valence-electron chi connectivity index (χ2n) is 3.69. The number of halogens is 4. The minimum Gasteiger partial charge on any atom is -0.231 e. The van der Waals surface area contributed by atoms with Crippen molar-refractivity contribution in [3.05, 3.63) is 58.1 Å². The smallest absolute Gasteiger partial charge is 0.231 e. The molecular weight excluding hydrogens is 309 g/mol. The lowest BCUT2D eigenvalue weighted by molar-refractivity contribution is -0.137. The number of hydrogen-bond acceptors (Lipinski definition) is 2. The summed E-state index contributed by atoms with van der Waals surface area (Å²) < 4.78 is 38.0. The molecule has 0 aliphatic rings. The maximum atomic E-state index is 12.5. The van der Waals surface area contributed by atoms with Gasteiger partial charge in [0, 0.05) is 18.3 Å². The predicted octanol–water partition coefficient (Wildman–Crippen LogP) is 3.85. The first kappa shape index (κ1) is 13.0. The van der Waals surface area contributed by atoms with Crippen molar-refractivity contribution in [2.45, 2.75) is 12.6 Å². The van der Waals surface area contributed by atoms with E-state index in [0.29, 0.717) is 22.4 Å². The van der Waals surface area contributed by atoms with Crippen molar-refractivity contribution in [1.29, 1.82) is 0 Å². The molecule has 0 aliphatic carbocycles. The van der Waals surface area contributed by atoms with Crippen LogP contribution in [0.4, 0.5) is 13.2 Å². The van der Waals surface area contributed by atoms with Gasteiger partial charge in [-0.3, -0.25) is 0 Å². The Bertz CT molecular complexity index is 555. The average molecular weight is 317 g/mol. The van der Waals surface area contributed by atoms with E-state index in [9.17, 15) is 13.2 Å². The molecule has 2 rings (SSSR count). The molecule has 0 amide bonds. The lowest BCUT2D eigenvalue weighted by atomic mass is 10.1. The standard InChI is InChI=1S/C12H8BrF3N2/c13-11-17-5-4-10(18-11)7-8-2-1-3-9(6-8)12(14,15)16/h1-6H,7H2. The number of benzene rings is 1. The molecule has 1 aromatic heterocycles. The zero-order chi connectivity index (χ0) is 13.2. The molecule has 0 fully saturated rings. The van der Waals surface area contributed by atoms with Crippen molar-refractivity contribution in [2.24, 2.45) is 0 Å². The van der Waals surface area contributed by atoms with Crippen LogP contribution in [0.3, 0.4) is 0 Å². The van der Waals surface area contributed by atoms with Crippen molar-refractivity contribution in [3.8, 4) is 0 Å². The predicted molar refractivity (Wildman–Crippen MR) is 64.0 cm³/mol. The molecule has 0 saturated carbocycles. The third kappa shape index (κ3) is 3.29. The summed E-state index contributed by atoms with van der Waals surface area (Å²) in [7, 11) is 0. The highest BCUT2D eigenvalue weighted by molar-refractivity contribution is 9.10. The average Bonchev–Trinajstić information content (AvgIpc) is 2.28. The summed E-state index contributed by atoms with van der Waals surface area (Å²) in [5.41, 5.74) is 0.583. The number of alkyl halides is 3. The molecule has 0 spiro atoms. The van der Waals surface area contributed by atoms with Gasteiger partial charge in [-0.15, -0.1) is 0 Å². The largest absolute Gasteiger partial charge is 0.416 e. The molecule has 2 nitrogen and oxygen atoms in total. The lowest BCUT2D eigenvalue weighted by Gasteiger charge is -2.08. The monoisotopic (exact) mass is 316 g/mol.